The Morgan fingerprint density at radius 2 is 2.28 bits per heavy atom. The van der Waals surface area contributed by atoms with Crippen LogP contribution < -0.4 is 0 Å². The number of hydrogen-bond donors (Lipinski definition) is 1. The van der Waals surface area contributed by atoms with Crippen LogP contribution in [0.3, 0.4) is 0 Å². The second-order valence-corrected chi connectivity index (χ2v) is 6.97. The molecule has 0 spiro atoms. The average molecular weight is 332 g/mol. The highest BCUT2D eigenvalue weighted by Crippen LogP contribution is 2.30. The molecule has 0 aromatic carbocycles. The van der Waals surface area contributed by atoms with Crippen LogP contribution in [0.4, 0.5) is 0 Å². The van der Waals surface area contributed by atoms with E-state index in [1.807, 2.05) is 19.1 Å². The second kappa shape index (κ2) is 5.40. The molecule has 0 bridgehead atoms. The van der Waals surface area contributed by atoms with E-state index in [-0.39, 0.29) is 11.8 Å². The third kappa shape index (κ3) is 2.75. The molecule has 1 amide bonds. The van der Waals surface area contributed by atoms with Gasteiger partial charge in [-0.15, -0.1) is 11.3 Å². The van der Waals surface area contributed by atoms with Crippen molar-refractivity contribution in [3.8, 4) is 0 Å². The van der Waals surface area contributed by atoms with Gasteiger partial charge in [0.2, 0.25) is 5.91 Å². The SMILES string of the molecule is C[C@H](C(=O)N1CC[C@H](C(=O)O)C1)c1ccc(Br)s1. The summed E-state index contributed by atoms with van der Waals surface area (Å²) in [5.41, 5.74) is 0. The number of likely N-dealkylation sites (tertiary alicyclic amines) is 1. The number of halogens is 1. The zero-order chi connectivity index (χ0) is 13.3. The highest BCUT2D eigenvalue weighted by Gasteiger charge is 2.33. The molecule has 1 aliphatic heterocycles. The number of amides is 1. The molecule has 2 heterocycles. The Bertz CT molecular complexity index is 474. The molecule has 1 fully saturated rings. The van der Waals surface area contributed by atoms with Gasteiger partial charge in [0.25, 0.3) is 0 Å². The van der Waals surface area contributed by atoms with Crippen LogP contribution in [-0.4, -0.2) is 35.0 Å². The summed E-state index contributed by atoms with van der Waals surface area (Å²) in [5, 5.41) is 8.93. The number of carbonyl (C=O) groups is 2. The number of nitrogens with zero attached hydrogens (tertiary/aromatic N) is 1. The summed E-state index contributed by atoms with van der Waals surface area (Å²) in [4.78, 5) is 25.8. The van der Waals surface area contributed by atoms with Crippen molar-refractivity contribution in [1.29, 1.82) is 0 Å². The Hall–Kier alpha value is -0.880. The lowest BCUT2D eigenvalue weighted by molar-refractivity contribution is -0.141. The van der Waals surface area contributed by atoms with Crippen LogP contribution in [0.1, 0.15) is 24.1 Å². The van der Waals surface area contributed by atoms with E-state index < -0.39 is 11.9 Å². The van der Waals surface area contributed by atoms with E-state index in [1.165, 1.54) is 0 Å². The van der Waals surface area contributed by atoms with Crippen molar-refractivity contribution in [1.82, 2.24) is 4.90 Å². The lowest BCUT2D eigenvalue weighted by atomic mass is 10.1. The van der Waals surface area contributed by atoms with Crippen LogP contribution in [0.2, 0.25) is 0 Å². The number of carboxylic acids is 1. The maximum atomic E-state index is 12.2. The maximum Gasteiger partial charge on any atom is 0.308 e. The Kier molecular flexibility index (Phi) is 4.07. The molecule has 1 saturated heterocycles. The van der Waals surface area contributed by atoms with E-state index in [9.17, 15) is 9.59 Å². The Balaban J connectivity index is 2.02. The molecule has 1 aromatic heterocycles. The van der Waals surface area contributed by atoms with Crippen molar-refractivity contribution >= 4 is 39.1 Å². The molecule has 98 valence electrons. The van der Waals surface area contributed by atoms with Crippen LogP contribution in [0.5, 0.6) is 0 Å². The molecule has 18 heavy (non-hydrogen) atoms. The van der Waals surface area contributed by atoms with Gasteiger partial charge in [-0.25, -0.2) is 0 Å². The molecule has 0 saturated carbocycles. The quantitative estimate of drug-likeness (QED) is 0.925. The van der Waals surface area contributed by atoms with Gasteiger partial charge < -0.3 is 10.0 Å². The summed E-state index contributed by atoms with van der Waals surface area (Å²) >= 11 is 4.92. The number of rotatable bonds is 3. The van der Waals surface area contributed by atoms with Crippen molar-refractivity contribution in [3.05, 3.63) is 20.8 Å². The third-order valence-corrected chi connectivity index (χ3v) is 5.05. The fourth-order valence-electron chi connectivity index (χ4n) is 2.12. The topological polar surface area (TPSA) is 57.6 Å². The predicted molar refractivity (Wildman–Crippen MR) is 72.8 cm³/mol. The molecule has 2 atom stereocenters. The lowest BCUT2D eigenvalue weighted by Crippen LogP contribution is -2.32. The number of thiophene rings is 1. The third-order valence-electron chi connectivity index (χ3n) is 3.24. The monoisotopic (exact) mass is 331 g/mol. The first-order valence-electron chi connectivity index (χ1n) is 5.76. The summed E-state index contributed by atoms with van der Waals surface area (Å²) < 4.78 is 1.00. The van der Waals surface area contributed by atoms with Gasteiger partial charge in [-0.2, -0.15) is 0 Å². The first-order valence-corrected chi connectivity index (χ1v) is 7.37. The van der Waals surface area contributed by atoms with Crippen molar-refractivity contribution in [2.24, 2.45) is 5.92 Å². The van der Waals surface area contributed by atoms with Gasteiger partial charge in [0.05, 0.1) is 15.6 Å². The molecule has 1 aliphatic rings. The van der Waals surface area contributed by atoms with Gasteiger partial charge in [-0.1, -0.05) is 0 Å². The summed E-state index contributed by atoms with van der Waals surface area (Å²) in [6.07, 6.45) is 0.557. The molecule has 6 heteroatoms. The Labute approximate surface area is 118 Å². The van der Waals surface area contributed by atoms with E-state index in [0.717, 1.165) is 8.66 Å². The van der Waals surface area contributed by atoms with Crippen LogP contribution in [0, 0.1) is 5.92 Å². The van der Waals surface area contributed by atoms with E-state index in [0.29, 0.717) is 19.5 Å². The highest BCUT2D eigenvalue weighted by atomic mass is 79.9. The first-order chi connectivity index (χ1) is 8.49. The summed E-state index contributed by atoms with van der Waals surface area (Å²) in [6.45, 7) is 2.76. The van der Waals surface area contributed by atoms with Gasteiger partial charge >= 0.3 is 5.97 Å². The number of carboxylic acid groups (broad SMARTS) is 1. The number of carbonyl (C=O) groups excluding carboxylic acids is 1. The molecule has 1 aromatic rings. The maximum absolute atomic E-state index is 12.2. The van der Waals surface area contributed by atoms with Crippen LogP contribution in [-0.2, 0) is 9.59 Å². The molecule has 0 unspecified atom stereocenters. The fourth-order valence-corrected chi connectivity index (χ4v) is 3.59. The van der Waals surface area contributed by atoms with Gasteiger partial charge in [0, 0.05) is 18.0 Å². The van der Waals surface area contributed by atoms with Crippen molar-refractivity contribution in [2.75, 3.05) is 13.1 Å². The van der Waals surface area contributed by atoms with Gasteiger partial charge in [0.1, 0.15) is 0 Å². The van der Waals surface area contributed by atoms with Crippen molar-refractivity contribution < 1.29 is 14.7 Å². The average Bonchev–Trinajstić information content (AvgIpc) is 2.95. The van der Waals surface area contributed by atoms with Crippen LogP contribution in [0.15, 0.2) is 15.9 Å². The minimum Gasteiger partial charge on any atom is -0.481 e. The van der Waals surface area contributed by atoms with Gasteiger partial charge in [-0.3, -0.25) is 9.59 Å². The Morgan fingerprint density at radius 3 is 2.78 bits per heavy atom. The molecule has 1 N–H and O–H groups in total. The predicted octanol–water partition coefficient (Wildman–Crippen LogP) is 2.55. The number of hydrogen-bond acceptors (Lipinski definition) is 3. The largest absolute Gasteiger partial charge is 0.481 e. The van der Waals surface area contributed by atoms with Crippen molar-refractivity contribution in [2.45, 2.75) is 19.3 Å². The molecule has 0 aliphatic carbocycles. The molecular formula is C12H14BrNO3S. The normalized spacial score (nSPS) is 21.0. The van der Waals surface area contributed by atoms with E-state index in [2.05, 4.69) is 15.9 Å². The molecule has 0 radical (unpaired) electrons. The smallest absolute Gasteiger partial charge is 0.308 e. The first kappa shape index (κ1) is 13.5. The van der Waals surface area contributed by atoms with Crippen molar-refractivity contribution in [3.63, 3.8) is 0 Å². The van der Waals surface area contributed by atoms with E-state index >= 15 is 0 Å². The standard InChI is InChI=1S/C12H14BrNO3S/c1-7(9-2-3-10(13)18-9)11(15)14-5-4-8(6-14)12(16)17/h2-3,7-8H,4-6H2,1H3,(H,16,17)/t7-,8-/m0/s1. The number of aliphatic carboxylic acids is 1. The van der Waals surface area contributed by atoms with E-state index in [4.69, 9.17) is 5.11 Å². The van der Waals surface area contributed by atoms with Crippen LogP contribution >= 0.6 is 27.3 Å². The van der Waals surface area contributed by atoms with Gasteiger partial charge in [-0.05, 0) is 41.4 Å². The minimum absolute atomic E-state index is 0.0214. The zero-order valence-electron chi connectivity index (χ0n) is 9.93. The molecular weight excluding hydrogens is 318 g/mol. The minimum atomic E-state index is -0.808. The highest BCUT2D eigenvalue weighted by molar-refractivity contribution is 9.11. The molecule has 2 rings (SSSR count). The van der Waals surface area contributed by atoms with Crippen LogP contribution in [0.25, 0.3) is 0 Å². The Morgan fingerprint density at radius 1 is 1.56 bits per heavy atom. The van der Waals surface area contributed by atoms with Gasteiger partial charge in [0.15, 0.2) is 0 Å². The fraction of sp³-hybridized carbons (Fsp3) is 0.500. The zero-order valence-corrected chi connectivity index (χ0v) is 12.3. The van der Waals surface area contributed by atoms with E-state index in [1.54, 1.807) is 16.2 Å². The summed E-state index contributed by atoms with van der Waals surface area (Å²) in [6, 6.07) is 3.86. The summed E-state index contributed by atoms with van der Waals surface area (Å²) in [5.74, 6) is -1.39. The lowest BCUT2D eigenvalue weighted by Gasteiger charge is -2.19. The summed E-state index contributed by atoms with van der Waals surface area (Å²) in [7, 11) is 0. The second-order valence-electron chi connectivity index (χ2n) is 4.47. The molecule has 4 nitrogen and oxygen atoms in total.